The van der Waals surface area contributed by atoms with E-state index >= 15 is 0 Å². The van der Waals surface area contributed by atoms with E-state index in [0.717, 1.165) is 50.1 Å². The molecule has 0 aliphatic carbocycles. The van der Waals surface area contributed by atoms with Crippen molar-refractivity contribution in [3.8, 4) is 16.9 Å². The molecule has 0 bridgehead atoms. The normalized spacial score (nSPS) is 11.0. The van der Waals surface area contributed by atoms with Crippen LogP contribution in [-0.4, -0.2) is 24.8 Å². The van der Waals surface area contributed by atoms with Crippen molar-refractivity contribution in [2.45, 2.75) is 19.9 Å². The van der Waals surface area contributed by atoms with Crippen molar-refractivity contribution in [1.29, 1.82) is 0 Å². The second kappa shape index (κ2) is 8.98. The topological polar surface area (TPSA) is 40.5 Å². The van der Waals surface area contributed by atoms with Crippen molar-refractivity contribution >= 4 is 32.8 Å². The molecule has 0 radical (unpaired) electrons. The van der Waals surface area contributed by atoms with Gasteiger partial charge >= 0.3 is 5.97 Å². The zero-order chi connectivity index (χ0) is 22.0. The average Bonchev–Trinajstić information content (AvgIpc) is 3.06. The average molecular weight is 478 g/mol. The summed E-state index contributed by atoms with van der Waals surface area (Å²) in [5, 5.41) is 1.10. The van der Waals surface area contributed by atoms with Crippen LogP contribution in [0.5, 0.6) is 5.75 Å². The summed E-state index contributed by atoms with van der Waals surface area (Å²) < 4.78 is 13.8. The first-order valence-corrected chi connectivity index (χ1v) is 10.9. The summed E-state index contributed by atoms with van der Waals surface area (Å²) in [6, 6.07) is 22.6. The Bertz CT molecular complexity index is 1240. The van der Waals surface area contributed by atoms with Gasteiger partial charge in [-0.05, 0) is 53.9 Å². The van der Waals surface area contributed by atoms with Crippen molar-refractivity contribution in [2.75, 3.05) is 14.2 Å². The number of esters is 1. The quantitative estimate of drug-likeness (QED) is 0.312. The maximum atomic E-state index is 12.0. The summed E-state index contributed by atoms with van der Waals surface area (Å²) in [5.74, 6) is 0.557. The minimum Gasteiger partial charge on any atom is -0.497 e. The Labute approximate surface area is 190 Å². The second-order valence-electron chi connectivity index (χ2n) is 7.47. The maximum Gasteiger partial charge on any atom is 0.309 e. The second-order valence-corrected chi connectivity index (χ2v) is 8.38. The monoisotopic (exact) mass is 477 g/mol. The van der Waals surface area contributed by atoms with Crippen LogP contribution >= 0.6 is 15.9 Å². The van der Waals surface area contributed by atoms with Crippen LogP contribution in [0.4, 0.5) is 0 Å². The third-order valence-corrected chi connectivity index (χ3v) is 6.16. The number of methoxy groups -OCH3 is 2. The molecule has 158 valence electrons. The first-order chi connectivity index (χ1) is 15.0. The zero-order valence-electron chi connectivity index (χ0n) is 17.8. The molecule has 0 unspecified atom stereocenters. The Balaban J connectivity index is 1.92. The number of hydrogen-bond acceptors (Lipinski definition) is 3. The molecule has 0 aliphatic rings. The van der Waals surface area contributed by atoms with Gasteiger partial charge in [0.15, 0.2) is 0 Å². The fourth-order valence-corrected chi connectivity index (χ4v) is 4.31. The molecule has 0 spiro atoms. The number of hydrogen-bond donors (Lipinski definition) is 0. The largest absolute Gasteiger partial charge is 0.497 e. The molecule has 1 heterocycles. The molecule has 3 aromatic carbocycles. The lowest BCUT2D eigenvalue weighted by Gasteiger charge is -2.11. The third kappa shape index (κ3) is 4.23. The minimum absolute atomic E-state index is 0.232. The number of aromatic nitrogens is 1. The van der Waals surface area contributed by atoms with Gasteiger partial charge in [0.1, 0.15) is 5.75 Å². The summed E-state index contributed by atoms with van der Waals surface area (Å²) in [5.41, 5.74) is 6.59. The summed E-state index contributed by atoms with van der Waals surface area (Å²) >= 11 is 3.51. The molecule has 0 amide bonds. The van der Waals surface area contributed by atoms with Gasteiger partial charge in [-0.25, -0.2) is 0 Å². The predicted molar refractivity (Wildman–Crippen MR) is 128 cm³/mol. The highest BCUT2D eigenvalue weighted by Gasteiger charge is 2.20. The first kappa shape index (κ1) is 21.2. The SMILES string of the molecule is COC(=O)Cc1ccccc1-c1c(C)n(Cc2ccc(Br)cc2)c2ccc(OC)cc12. The highest BCUT2D eigenvalue weighted by atomic mass is 79.9. The Morgan fingerprint density at radius 1 is 1.00 bits per heavy atom. The summed E-state index contributed by atoms with van der Waals surface area (Å²) in [6.07, 6.45) is 0.232. The third-order valence-electron chi connectivity index (χ3n) is 5.63. The van der Waals surface area contributed by atoms with Gasteiger partial charge in [-0.2, -0.15) is 0 Å². The Morgan fingerprint density at radius 2 is 1.74 bits per heavy atom. The minimum atomic E-state index is -0.249. The molecular formula is C26H24BrNO3. The molecule has 0 N–H and O–H groups in total. The molecule has 4 nitrogen and oxygen atoms in total. The molecule has 1 aromatic heterocycles. The van der Waals surface area contributed by atoms with Gasteiger partial charge in [0.2, 0.25) is 0 Å². The van der Waals surface area contributed by atoms with Gasteiger partial charge in [0, 0.05) is 33.2 Å². The molecule has 4 rings (SSSR count). The first-order valence-electron chi connectivity index (χ1n) is 10.1. The van der Waals surface area contributed by atoms with Crippen LogP contribution in [-0.2, 0) is 22.5 Å². The highest BCUT2D eigenvalue weighted by Crippen LogP contribution is 2.38. The molecule has 31 heavy (non-hydrogen) atoms. The van der Waals surface area contributed by atoms with E-state index < -0.39 is 0 Å². The van der Waals surface area contributed by atoms with Crippen molar-refractivity contribution in [1.82, 2.24) is 4.57 Å². The standard InChI is InChI=1S/C26H24BrNO3/c1-17-26(22-7-5-4-6-19(22)14-25(29)31-3)23-15-21(30-2)12-13-24(23)28(17)16-18-8-10-20(27)11-9-18/h4-13,15H,14,16H2,1-3H3. The lowest BCUT2D eigenvalue weighted by molar-refractivity contribution is -0.139. The Morgan fingerprint density at radius 3 is 2.45 bits per heavy atom. The van der Waals surface area contributed by atoms with Crippen LogP contribution in [0.3, 0.4) is 0 Å². The number of rotatable bonds is 6. The number of fused-ring (bicyclic) bond motifs is 1. The van der Waals surface area contributed by atoms with Gasteiger partial charge in [-0.3, -0.25) is 4.79 Å². The van der Waals surface area contributed by atoms with E-state index in [0.29, 0.717) is 0 Å². The number of ether oxygens (including phenoxy) is 2. The van der Waals surface area contributed by atoms with Gasteiger partial charge in [0.05, 0.1) is 20.6 Å². The van der Waals surface area contributed by atoms with Crippen LogP contribution < -0.4 is 4.74 Å². The number of benzene rings is 3. The molecule has 4 aromatic rings. The number of halogens is 1. The van der Waals surface area contributed by atoms with Gasteiger partial charge in [-0.15, -0.1) is 0 Å². The van der Waals surface area contributed by atoms with Gasteiger partial charge in [0.25, 0.3) is 0 Å². The molecule has 0 atom stereocenters. The summed E-state index contributed by atoms with van der Waals surface area (Å²) in [4.78, 5) is 12.0. The smallest absolute Gasteiger partial charge is 0.309 e. The Hall–Kier alpha value is -3.05. The van der Waals surface area contributed by atoms with Crippen LogP contribution in [0.25, 0.3) is 22.0 Å². The van der Waals surface area contributed by atoms with E-state index in [1.165, 1.54) is 12.7 Å². The van der Waals surface area contributed by atoms with Gasteiger partial charge in [-0.1, -0.05) is 52.3 Å². The lowest BCUT2D eigenvalue weighted by atomic mass is 9.95. The van der Waals surface area contributed by atoms with E-state index in [1.807, 2.05) is 24.3 Å². The van der Waals surface area contributed by atoms with Crippen molar-refractivity contribution in [3.63, 3.8) is 0 Å². The van der Waals surface area contributed by atoms with E-state index in [2.05, 4.69) is 69.9 Å². The van der Waals surface area contributed by atoms with E-state index in [-0.39, 0.29) is 12.4 Å². The molecule has 0 fully saturated rings. The van der Waals surface area contributed by atoms with E-state index in [9.17, 15) is 4.79 Å². The van der Waals surface area contributed by atoms with Crippen LogP contribution in [0, 0.1) is 6.92 Å². The highest BCUT2D eigenvalue weighted by molar-refractivity contribution is 9.10. The zero-order valence-corrected chi connectivity index (χ0v) is 19.4. The molecule has 0 saturated heterocycles. The molecule has 0 saturated carbocycles. The van der Waals surface area contributed by atoms with Crippen LogP contribution in [0.1, 0.15) is 16.8 Å². The van der Waals surface area contributed by atoms with Crippen LogP contribution in [0.2, 0.25) is 0 Å². The Kier molecular flexibility index (Phi) is 6.14. The molecule has 5 heteroatoms. The van der Waals surface area contributed by atoms with Crippen LogP contribution in [0.15, 0.2) is 71.2 Å². The summed E-state index contributed by atoms with van der Waals surface area (Å²) in [7, 11) is 3.10. The number of nitrogens with zero attached hydrogens (tertiary/aromatic N) is 1. The molecule has 0 aliphatic heterocycles. The maximum absolute atomic E-state index is 12.0. The van der Waals surface area contributed by atoms with E-state index in [4.69, 9.17) is 9.47 Å². The number of carbonyl (C=O) groups excluding carboxylic acids is 1. The predicted octanol–water partition coefficient (Wildman–Crippen LogP) is 6.15. The molecular weight excluding hydrogens is 454 g/mol. The fourth-order valence-electron chi connectivity index (χ4n) is 4.05. The summed E-state index contributed by atoms with van der Waals surface area (Å²) in [6.45, 7) is 2.89. The fraction of sp³-hybridized carbons (Fsp3) is 0.192. The lowest BCUT2D eigenvalue weighted by Crippen LogP contribution is -2.06. The number of carbonyl (C=O) groups is 1. The van der Waals surface area contributed by atoms with Crippen molar-refractivity contribution in [2.24, 2.45) is 0 Å². The van der Waals surface area contributed by atoms with Gasteiger partial charge < -0.3 is 14.0 Å². The van der Waals surface area contributed by atoms with Crippen molar-refractivity contribution in [3.05, 3.63) is 88.0 Å². The van der Waals surface area contributed by atoms with E-state index in [1.54, 1.807) is 7.11 Å². The van der Waals surface area contributed by atoms with Crippen molar-refractivity contribution < 1.29 is 14.3 Å².